The summed E-state index contributed by atoms with van der Waals surface area (Å²) in [6, 6.07) is 4.95. The molecule has 0 unspecified atom stereocenters. The molecule has 1 atom stereocenters. The van der Waals surface area contributed by atoms with Crippen LogP contribution in [0.15, 0.2) is 18.2 Å². The van der Waals surface area contributed by atoms with Crippen LogP contribution in [-0.2, 0) is 14.3 Å². The van der Waals surface area contributed by atoms with E-state index in [0.717, 1.165) is 12.8 Å². The molecule has 0 spiro atoms. The largest absolute Gasteiger partial charge is 0.490 e. The maximum absolute atomic E-state index is 12.5. The Labute approximate surface area is 156 Å². The molecule has 0 aliphatic rings. The van der Waals surface area contributed by atoms with E-state index in [1.54, 1.807) is 39.0 Å². The van der Waals surface area contributed by atoms with Crippen LogP contribution in [0, 0.1) is 0 Å². The molecule has 146 valence electrons. The molecule has 0 fully saturated rings. The van der Waals surface area contributed by atoms with Gasteiger partial charge < -0.3 is 19.5 Å². The second-order valence-electron chi connectivity index (χ2n) is 6.58. The van der Waals surface area contributed by atoms with Crippen LogP contribution in [0.25, 0.3) is 0 Å². The molecular weight excluding hydrogens is 334 g/mol. The molecule has 1 aromatic carbocycles. The third-order valence-electron chi connectivity index (χ3n) is 3.85. The van der Waals surface area contributed by atoms with Gasteiger partial charge in [-0.25, -0.2) is 4.79 Å². The van der Waals surface area contributed by atoms with Gasteiger partial charge in [-0.05, 0) is 58.7 Å². The van der Waals surface area contributed by atoms with Gasteiger partial charge in [-0.2, -0.15) is 0 Å². The summed E-state index contributed by atoms with van der Waals surface area (Å²) in [6.45, 7) is 11.8. The van der Waals surface area contributed by atoms with Gasteiger partial charge in [0.2, 0.25) is 0 Å². The summed E-state index contributed by atoms with van der Waals surface area (Å²) in [7, 11) is 0. The minimum atomic E-state index is -0.966. The number of carbonyl (C=O) groups excluding carboxylic acids is 2. The summed E-state index contributed by atoms with van der Waals surface area (Å²) in [5, 5.41) is 2.80. The molecule has 6 nitrogen and oxygen atoms in total. The number of rotatable bonds is 10. The lowest BCUT2D eigenvalue weighted by molar-refractivity contribution is -0.137. The molecule has 0 aliphatic heterocycles. The Hall–Kier alpha value is -2.08. The van der Waals surface area contributed by atoms with Gasteiger partial charge >= 0.3 is 5.97 Å². The van der Waals surface area contributed by atoms with Crippen LogP contribution in [0.1, 0.15) is 64.7 Å². The lowest BCUT2D eigenvalue weighted by Crippen LogP contribution is -2.40. The van der Waals surface area contributed by atoms with Crippen LogP contribution in [0.2, 0.25) is 0 Å². The zero-order chi connectivity index (χ0) is 19.7. The van der Waals surface area contributed by atoms with E-state index in [0.29, 0.717) is 18.0 Å². The smallest absolute Gasteiger partial charge is 0.341 e. The number of nitrogens with one attached hydrogen (secondary N) is 1. The van der Waals surface area contributed by atoms with Crippen molar-refractivity contribution >= 4 is 17.6 Å². The molecule has 1 N–H and O–H groups in total. The van der Waals surface area contributed by atoms with E-state index in [-0.39, 0.29) is 24.2 Å². The highest BCUT2D eigenvalue weighted by atomic mass is 16.5. The first kappa shape index (κ1) is 22.0. The SMILES string of the molecule is CCCOC(C)(C)C(=O)Nc1ccc(O[C@H](C)CC)c(C(=O)OCC)c1. The average Bonchev–Trinajstić information content (AvgIpc) is 2.61. The molecule has 6 heteroatoms. The van der Waals surface area contributed by atoms with Crippen molar-refractivity contribution in [2.24, 2.45) is 0 Å². The van der Waals surface area contributed by atoms with E-state index < -0.39 is 11.6 Å². The normalized spacial score (nSPS) is 12.4. The lowest BCUT2D eigenvalue weighted by Gasteiger charge is -2.24. The van der Waals surface area contributed by atoms with E-state index in [9.17, 15) is 9.59 Å². The first-order valence-electron chi connectivity index (χ1n) is 9.18. The number of esters is 1. The summed E-state index contributed by atoms with van der Waals surface area (Å²) in [6.07, 6.45) is 1.60. The van der Waals surface area contributed by atoms with Crippen molar-refractivity contribution in [3.8, 4) is 5.75 Å². The molecular formula is C20H31NO5. The van der Waals surface area contributed by atoms with E-state index in [4.69, 9.17) is 14.2 Å². The van der Waals surface area contributed by atoms with E-state index in [1.165, 1.54) is 0 Å². The molecule has 0 bridgehead atoms. The molecule has 1 amide bonds. The highest BCUT2D eigenvalue weighted by Crippen LogP contribution is 2.26. The quantitative estimate of drug-likeness (QED) is 0.630. The van der Waals surface area contributed by atoms with Crippen molar-refractivity contribution < 1.29 is 23.8 Å². The molecule has 0 aromatic heterocycles. The van der Waals surface area contributed by atoms with E-state index in [2.05, 4.69) is 5.32 Å². The monoisotopic (exact) mass is 365 g/mol. The van der Waals surface area contributed by atoms with Crippen LogP contribution in [0.3, 0.4) is 0 Å². The molecule has 0 radical (unpaired) electrons. The van der Waals surface area contributed by atoms with Crippen molar-refractivity contribution in [1.82, 2.24) is 0 Å². The Balaban J connectivity index is 3.04. The second kappa shape index (κ2) is 10.2. The van der Waals surface area contributed by atoms with Gasteiger partial charge in [0.25, 0.3) is 5.91 Å². The fraction of sp³-hybridized carbons (Fsp3) is 0.600. The molecule has 1 aromatic rings. The maximum atomic E-state index is 12.5. The van der Waals surface area contributed by atoms with Crippen molar-refractivity contribution in [3.63, 3.8) is 0 Å². The fourth-order valence-corrected chi connectivity index (χ4v) is 2.08. The number of hydrogen-bond acceptors (Lipinski definition) is 5. The first-order chi connectivity index (χ1) is 12.2. The molecule has 0 heterocycles. The Bertz CT molecular complexity index is 612. The van der Waals surface area contributed by atoms with Crippen molar-refractivity contribution in [2.75, 3.05) is 18.5 Å². The number of hydrogen-bond donors (Lipinski definition) is 1. The van der Waals surface area contributed by atoms with Crippen molar-refractivity contribution in [3.05, 3.63) is 23.8 Å². The number of ether oxygens (including phenoxy) is 3. The minimum Gasteiger partial charge on any atom is -0.490 e. The van der Waals surface area contributed by atoms with E-state index >= 15 is 0 Å². The molecule has 26 heavy (non-hydrogen) atoms. The van der Waals surface area contributed by atoms with Crippen molar-refractivity contribution in [2.45, 2.75) is 66.1 Å². The number of carbonyl (C=O) groups is 2. The minimum absolute atomic E-state index is 0.0370. The first-order valence-corrected chi connectivity index (χ1v) is 9.18. The lowest BCUT2D eigenvalue weighted by atomic mass is 10.1. The fourth-order valence-electron chi connectivity index (χ4n) is 2.08. The highest BCUT2D eigenvalue weighted by Gasteiger charge is 2.28. The predicted octanol–water partition coefficient (Wildman–Crippen LogP) is 4.18. The van der Waals surface area contributed by atoms with Crippen LogP contribution in [0.4, 0.5) is 5.69 Å². The van der Waals surface area contributed by atoms with Crippen LogP contribution < -0.4 is 10.1 Å². The van der Waals surface area contributed by atoms with Gasteiger partial charge in [0.15, 0.2) is 0 Å². The second-order valence-corrected chi connectivity index (χ2v) is 6.58. The van der Waals surface area contributed by atoms with E-state index in [1.807, 2.05) is 20.8 Å². The maximum Gasteiger partial charge on any atom is 0.341 e. The summed E-state index contributed by atoms with van der Waals surface area (Å²) in [5.41, 5.74) is -0.189. The predicted molar refractivity (Wildman–Crippen MR) is 102 cm³/mol. The zero-order valence-electron chi connectivity index (χ0n) is 16.7. The molecule has 0 saturated heterocycles. The molecule has 0 saturated carbocycles. The summed E-state index contributed by atoms with van der Waals surface area (Å²) in [4.78, 5) is 24.7. The van der Waals surface area contributed by atoms with Gasteiger partial charge in [0.1, 0.15) is 16.9 Å². The molecule has 1 rings (SSSR count). The standard InChI is InChI=1S/C20H31NO5/c1-7-12-25-20(5,6)19(23)21-15-10-11-17(26-14(4)8-2)16(13-15)18(22)24-9-3/h10-11,13-14H,7-9,12H2,1-6H3,(H,21,23)/t14-/m1/s1. The Morgan fingerprint density at radius 1 is 1.19 bits per heavy atom. The third-order valence-corrected chi connectivity index (χ3v) is 3.85. The zero-order valence-corrected chi connectivity index (χ0v) is 16.7. The highest BCUT2D eigenvalue weighted by molar-refractivity contribution is 5.99. The number of benzene rings is 1. The van der Waals surface area contributed by atoms with Crippen molar-refractivity contribution in [1.29, 1.82) is 0 Å². The summed E-state index contributed by atoms with van der Waals surface area (Å²) >= 11 is 0. The molecule has 0 aliphatic carbocycles. The number of amides is 1. The van der Waals surface area contributed by atoms with Gasteiger partial charge in [-0.15, -0.1) is 0 Å². The Morgan fingerprint density at radius 2 is 1.88 bits per heavy atom. The number of anilines is 1. The Morgan fingerprint density at radius 3 is 2.46 bits per heavy atom. The Kier molecular flexibility index (Phi) is 8.58. The summed E-state index contributed by atoms with van der Waals surface area (Å²) in [5.74, 6) is -0.322. The van der Waals surface area contributed by atoms with Gasteiger partial charge in [-0.1, -0.05) is 13.8 Å². The van der Waals surface area contributed by atoms with Crippen LogP contribution >= 0.6 is 0 Å². The average molecular weight is 365 g/mol. The van der Waals surface area contributed by atoms with Crippen LogP contribution in [0.5, 0.6) is 5.75 Å². The van der Waals surface area contributed by atoms with Crippen LogP contribution in [-0.4, -0.2) is 36.8 Å². The van der Waals surface area contributed by atoms with Gasteiger partial charge in [0.05, 0.1) is 12.7 Å². The van der Waals surface area contributed by atoms with Gasteiger partial charge in [0, 0.05) is 12.3 Å². The van der Waals surface area contributed by atoms with Gasteiger partial charge in [-0.3, -0.25) is 4.79 Å². The third kappa shape index (κ3) is 6.33. The summed E-state index contributed by atoms with van der Waals surface area (Å²) < 4.78 is 16.5. The topological polar surface area (TPSA) is 73.9 Å².